The fourth-order valence-electron chi connectivity index (χ4n) is 1.32. The normalized spacial score (nSPS) is 20.2. The molecule has 5 N–H and O–H groups in total. The van der Waals surface area contributed by atoms with Gasteiger partial charge in [-0.1, -0.05) is 0 Å². The molecule has 0 aliphatic carbocycles. The maximum absolute atomic E-state index is 9.22. The zero-order chi connectivity index (χ0) is 8.72. The van der Waals surface area contributed by atoms with Gasteiger partial charge in [-0.05, 0) is 12.1 Å². The molecular formula is C8H10N2O2. The van der Waals surface area contributed by atoms with Gasteiger partial charge < -0.3 is 21.3 Å². The number of aromatic hydroxyl groups is 1. The molecule has 0 amide bonds. The minimum absolute atomic E-state index is 0.0443. The molecule has 0 radical (unpaired) electrons. The van der Waals surface area contributed by atoms with Gasteiger partial charge >= 0.3 is 0 Å². The molecule has 12 heavy (non-hydrogen) atoms. The van der Waals surface area contributed by atoms with E-state index in [0.29, 0.717) is 12.4 Å². The number of phenolic OH excluding ortho intramolecular Hbond substituents is 1. The first-order valence-electron chi connectivity index (χ1n) is 3.70. The van der Waals surface area contributed by atoms with Crippen LogP contribution in [0, 0.1) is 0 Å². The van der Waals surface area contributed by atoms with Crippen molar-refractivity contribution in [1.82, 2.24) is 0 Å². The summed E-state index contributed by atoms with van der Waals surface area (Å²) in [7, 11) is 0. The van der Waals surface area contributed by atoms with Crippen molar-refractivity contribution in [3.63, 3.8) is 0 Å². The predicted molar refractivity (Wildman–Crippen MR) is 44.9 cm³/mol. The smallest absolute Gasteiger partial charge is 0.150 e. The SMILES string of the molecule is Nc1c(O)ccc2c1OCC2N. The van der Waals surface area contributed by atoms with Crippen LogP contribution in [0.2, 0.25) is 0 Å². The highest BCUT2D eigenvalue weighted by molar-refractivity contribution is 5.67. The second kappa shape index (κ2) is 2.28. The summed E-state index contributed by atoms with van der Waals surface area (Å²) in [5, 5.41) is 9.22. The fraction of sp³-hybridized carbons (Fsp3) is 0.250. The van der Waals surface area contributed by atoms with Gasteiger partial charge in [-0.2, -0.15) is 0 Å². The fourth-order valence-corrected chi connectivity index (χ4v) is 1.32. The van der Waals surface area contributed by atoms with Crippen LogP contribution in [-0.4, -0.2) is 11.7 Å². The summed E-state index contributed by atoms with van der Waals surface area (Å²) < 4.78 is 5.21. The van der Waals surface area contributed by atoms with E-state index in [9.17, 15) is 5.11 Å². The van der Waals surface area contributed by atoms with Crippen LogP contribution in [0.25, 0.3) is 0 Å². The van der Waals surface area contributed by atoms with E-state index in [-0.39, 0.29) is 17.5 Å². The summed E-state index contributed by atoms with van der Waals surface area (Å²) >= 11 is 0. The van der Waals surface area contributed by atoms with Gasteiger partial charge in [0.1, 0.15) is 18.0 Å². The number of hydrogen-bond donors (Lipinski definition) is 3. The molecule has 1 unspecified atom stereocenters. The van der Waals surface area contributed by atoms with Gasteiger partial charge in [0.25, 0.3) is 0 Å². The second-order valence-corrected chi connectivity index (χ2v) is 2.83. The first-order valence-corrected chi connectivity index (χ1v) is 3.70. The maximum atomic E-state index is 9.22. The van der Waals surface area contributed by atoms with E-state index >= 15 is 0 Å². The summed E-state index contributed by atoms with van der Waals surface area (Å²) in [5.41, 5.74) is 12.4. The number of nitrogen functional groups attached to an aromatic ring is 1. The van der Waals surface area contributed by atoms with Gasteiger partial charge in [0.2, 0.25) is 0 Å². The largest absolute Gasteiger partial charge is 0.506 e. The molecule has 1 aromatic rings. The van der Waals surface area contributed by atoms with Crippen molar-refractivity contribution in [3.8, 4) is 11.5 Å². The monoisotopic (exact) mass is 166 g/mol. The number of anilines is 1. The van der Waals surface area contributed by atoms with Gasteiger partial charge in [0, 0.05) is 5.56 Å². The first-order chi connectivity index (χ1) is 5.70. The minimum Gasteiger partial charge on any atom is -0.506 e. The van der Waals surface area contributed by atoms with Gasteiger partial charge in [-0.25, -0.2) is 0 Å². The third-order valence-electron chi connectivity index (χ3n) is 2.01. The lowest BCUT2D eigenvalue weighted by Crippen LogP contribution is -2.10. The zero-order valence-corrected chi connectivity index (χ0v) is 6.45. The average Bonchev–Trinajstić information content (AvgIpc) is 2.41. The number of phenols is 1. The van der Waals surface area contributed by atoms with Crippen molar-refractivity contribution in [2.24, 2.45) is 5.73 Å². The molecule has 0 spiro atoms. The van der Waals surface area contributed by atoms with Crippen LogP contribution in [0.4, 0.5) is 5.69 Å². The number of ether oxygens (including phenoxy) is 1. The number of rotatable bonds is 0. The molecule has 4 heteroatoms. The van der Waals surface area contributed by atoms with Crippen LogP contribution < -0.4 is 16.2 Å². The highest BCUT2D eigenvalue weighted by Crippen LogP contribution is 2.40. The number of benzene rings is 1. The molecule has 2 rings (SSSR count). The van der Waals surface area contributed by atoms with E-state index in [1.807, 2.05) is 0 Å². The highest BCUT2D eigenvalue weighted by Gasteiger charge is 2.23. The number of nitrogens with two attached hydrogens (primary N) is 2. The Bertz CT molecular complexity index is 325. The van der Waals surface area contributed by atoms with Crippen LogP contribution in [0.1, 0.15) is 11.6 Å². The van der Waals surface area contributed by atoms with Gasteiger partial charge in [-0.3, -0.25) is 0 Å². The molecule has 4 nitrogen and oxygen atoms in total. The Morgan fingerprint density at radius 2 is 2.25 bits per heavy atom. The third-order valence-corrected chi connectivity index (χ3v) is 2.01. The summed E-state index contributed by atoms with van der Waals surface area (Å²) in [5.74, 6) is 0.574. The Labute approximate surface area is 69.7 Å². The molecule has 0 saturated heterocycles. The molecule has 0 aromatic heterocycles. The second-order valence-electron chi connectivity index (χ2n) is 2.83. The van der Waals surface area contributed by atoms with E-state index in [2.05, 4.69) is 0 Å². The standard InChI is InChI=1S/C8H10N2O2/c9-5-3-12-8-4(5)1-2-6(11)7(8)10/h1-2,5,11H,3,9-10H2. The Balaban J connectivity index is 2.60. The first kappa shape index (κ1) is 7.24. The molecule has 1 atom stereocenters. The molecule has 1 aliphatic heterocycles. The molecule has 1 aliphatic rings. The topological polar surface area (TPSA) is 81.5 Å². The number of hydrogen-bond acceptors (Lipinski definition) is 4. The van der Waals surface area contributed by atoms with Crippen molar-refractivity contribution >= 4 is 5.69 Å². The summed E-state index contributed by atoms with van der Waals surface area (Å²) in [6, 6.07) is 3.14. The Morgan fingerprint density at radius 3 is 3.00 bits per heavy atom. The molecule has 1 aromatic carbocycles. The Kier molecular flexibility index (Phi) is 1.38. The minimum atomic E-state index is -0.122. The van der Waals surface area contributed by atoms with E-state index in [1.54, 1.807) is 6.07 Å². The summed E-state index contributed by atoms with van der Waals surface area (Å²) in [4.78, 5) is 0. The van der Waals surface area contributed by atoms with Crippen LogP contribution in [0.15, 0.2) is 12.1 Å². The molecule has 0 fully saturated rings. The lowest BCUT2D eigenvalue weighted by Gasteiger charge is -2.04. The van der Waals surface area contributed by atoms with E-state index in [0.717, 1.165) is 5.56 Å². The lowest BCUT2D eigenvalue weighted by molar-refractivity contribution is 0.333. The Morgan fingerprint density at radius 1 is 1.50 bits per heavy atom. The molecular weight excluding hydrogens is 156 g/mol. The van der Waals surface area contributed by atoms with Gasteiger partial charge in [0.05, 0.1) is 6.04 Å². The average molecular weight is 166 g/mol. The highest BCUT2D eigenvalue weighted by atomic mass is 16.5. The molecule has 0 saturated carbocycles. The van der Waals surface area contributed by atoms with E-state index in [1.165, 1.54) is 6.07 Å². The predicted octanol–water partition coefficient (Wildman–Crippen LogP) is 0.367. The molecule has 0 bridgehead atoms. The van der Waals surface area contributed by atoms with Gasteiger partial charge in [0.15, 0.2) is 5.75 Å². The van der Waals surface area contributed by atoms with Gasteiger partial charge in [-0.15, -0.1) is 0 Å². The van der Waals surface area contributed by atoms with Crippen LogP contribution in [0.3, 0.4) is 0 Å². The number of fused-ring (bicyclic) bond motifs is 1. The van der Waals surface area contributed by atoms with Crippen molar-refractivity contribution in [1.29, 1.82) is 0 Å². The van der Waals surface area contributed by atoms with Crippen LogP contribution >= 0.6 is 0 Å². The summed E-state index contributed by atoms with van der Waals surface area (Å²) in [6.07, 6.45) is 0. The lowest BCUT2D eigenvalue weighted by atomic mass is 10.1. The van der Waals surface area contributed by atoms with E-state index < -0.39 is 0 Å². The quantitative estimate of drug-likeness (QED) is 0.384. The molecule has 1 heterocycles. The van der Waals surface area contributed by atoms with Crippen LogP contribution in [-0.2, 0) is 0 Å². The van der Waals surface area contributed by atoms with Crippen molar-refractivity contribution in [3.05, 3.63) is 17.7 Å². The Hall–Kier alpha value is -1.42. The zero-order valence-electron chi connectivity index (χ0n) is 6.45. The summed E-state index contributed by atoms with van der Waals surface area (Å²) in [6.45, 7) is 0.434. The van der Waals surface area contributed by atoms with Crippen molar-refractivity contribution < 1.29 is 9.84 Å². The molecule has 64 valence electrons. The van der Waals surface area contributed by atoms with Crippen LogP contribution in [0.5, 0.6) is 11.5 Å². The van der Waals surface area contributed by atoms with E-state index in [4.69, 9.17) is 16.2 Å². The van der Waals surface area contributed by atoms with Crippen molar-refractivity contribution in [2.45, 2.75) is 6.04 Å². The maximum Gasteiger partial charge on any atom is 0.150 e. The van der Waals surface area contributed by atoms with Crippen molar-refractivity contribution in [2.75, 3.05) is 12.3 Å². The third kappa shape index (κ3) is 0.816.